The lowest BCUT2D eigenvalue weighted by Crippen LogP contribution is -1.78. The molecule has 0 radical (unpaired) electrons. The van der Waals surface area contributed by atoms with Crippen LogP contribution in [0.15, 0.2) is 372 Å². The first-order valence-corrected chi connectivity index (χ1v) is 29.1. The maximum atomic E-state index is 4.18. The minimum absolute atomic E-state index is 0.810. The lowest BCUT2D eigenvalue weighted by atomic mass is 10.1. The molecule has 0 aliphatic heterocycles. The molecule has 11 heteroatoms. The number of hydrogen-bond donors (Lipinski definition) is 0. The molecule has 90 heavy (non-hydrogen) atoms. The molecule has 18 aromatic rings. The molecule has 0 aliphatic rings. The fourth-order valence-corrected chi connectivity index (χ4v) is 8.96. The van der Waals surface area contributed by atoms with Crippen molar-refractivity contribution in [2.24, 2.45) is 0 Å². The highest BCUT2D eigenvalue weighted by atomic mass is 14.8. The van der Waals surface area contributed by atoms with Crippen LogP contribution in [0.5, 0.6) is 0 Å². The van der Waals surface area contributed by atoms with Crippen molar-refractivity contribution in [2.45, 2.75) is 0 Å². The lowest BCUT2D eigenvalue weighted by molar-refractivity contribution is 1.29. The number of para-hydroxylation sites is 3. The van der Waals surface area contributed by atoms with Crippen molar-refractivity contribution in [3.8, 4) is 0 Å². The number of pyridine rings is 11. The number of rotatable bonds is 0. The van der Waals surface area contributed by atoms with Crippen LogP contribution in [-0.2, 0) is 0 Å². The van der Waals surface area contributed by atoms with Crippen molar-refractivity contribution >= 4 is 98.0 Å². The smallest absolute Gasteiger partial charge is 0.159 e. The minimum atomic E-state index is 0.810. The molecule has 11 nitrogen and oxygen atoms in total. The van der Waals surface area contributed by atoms with Crippen molar-refractivity contribution in [2.75, 3.05) is 0 Å². The van der Waals surface area contributed by atoms with Gasteiger partial charge < -0.3 is 0 Å². The van der Waals surface area contributed by atoms with E-state index in [4.69, 9.17) is 0 Å². The molecule has 0 aliphatic carbocycles. The summed E-state index contributed by atoms with van der Waals surface area (Å²) in [6, 6.07) is 94.7. The van der Waals surface area contributed by atoms with Gasteiger partial charge in [0.2, 0.25) is 0 Å². The first-order valence-electron chi connectivity index (χ1n) is 29.1. The fourth-order valence-electron chi connectivity index (χ4n) is 8.96. The first kappa shape index (κ1) is 60.6. The van der Waals surface area contributed by atoms with Gasteiger partial charge in [0.05, 0.1) is 39.3 Å². The molecule has 0 saturated heterocycles. The molecule has 0 amide bonds. The Balaban J connectivity index is 0.000000111. The van der Waals surface area contributed by atoms with Crippen LogP contribution < -0.4 is 0 Å². The van der Waals surface area contributed by atoms with E-state index in [-0.39, 0.29) is 0 Å². The Labute approximate surface area is 521 Å². The quantitative estimate of drug-likeness (QED) is 0.143. The van der Waals surface area contributed by atoms with Crippen LogP contribution in [0.25, 0.3) is 98.0 Å². The molecule has 11 heterocycles. The van der Waals surface area contributed by atoms with Gasteiger partial charge in [0.15, 0.2) is 5.65 Å². The number of aromatic nitrogens is 11. The second-order valence-electron chi connectivity index (χ2n) is 19.6. The molecule has 11 aromatic heterocycles. The normalized spacial score (nSPS) is 10.0. The van der Waals surface area contributed by atoms with Crippen LogP contribution in [0.3, 0.4) is 0 Å². The highest BCUT2D eigenvalue weighted by Crippen LogP contribution is 2.15. The van der Waals surface area contributed by atoms with Crippen LogP contribution >= 0.6 is 0 Å². The van der Waals surface area contributed by atoms with Gasteiger partial charge in [0, 0.05) is 107 Å². The van der Waals surface area contributed by atoms with Gasteiger partial charge in [-0.3, -0.25) is 44.9 Å². The van der Waals surface area contributed by atoms with E-state index < -0.39 is 0 Å². The highest BCUT2D eigenvalue weighted by Gasteiger charge is 1.94. The zero-order valence-corrected chi connectivity index (χ0v) is 49.1. The molecule has 0 saturated carbocycles. The second-order valence-corrected chi connectivity index (χ2v) is 19.6. The van der Waals surface area contributed by atoms with E-state index >= 15 is 0 Å². The van der Waals surface area contributed by atoms with Gasteiger partial charge in [-0.25, -0.2) is 9.97 Å². The Kier molecular flexibility index (Phi) is 22.8. The Bertz CT molecular complexity index is 3500. The summed E-state index contributed by atoms with van der Waals surface area (Å²) >= 11 is 0. The average Bonchev–Trinajstić information content (AvgIpc) is 3.79. The summed E-state index contributed by atoms with van der Waals surface area (Å²) in [5.74, 6) is 0. The topological polar surface area (TPSA) is 142 Å². The van der Waals surface area contributed by atoms with Crippen molar-refractivity contribution in [1.82, 2.24) is 54.8 Å². The monoisotopic (exact) mass is 1160 g/mol. The van der Waals surface area contributed by atoms with Crippen LogP contribution in [0.2, 0.25) is 0 Å². The summed E-state index contributed by atoms with van der Waals surface area (Å²) in [5.41, 5.74) is 6.84. The predicted molar refractivity (Wildman–Crippen MR) is 371 cm³/mol. The van der Waals surface area contributed by atoms with Crippen LogP contribution in [-0.4, -0.2) is 54.8 Å². The Morgan fingerprint density at radius 1 is 0.133 bits per heavy atom. The minimum Gasteiger partial charge on any atom is -0.264 e. The zero-order valence-electron chi connectivity index (χ0n) is 49.1. The summed E-state index contributed by atoms with van der Waals surface area (Å²) in [6.07, 6.45) is 25.1. The Morgan fingerprint density at radius 3 is 0.689 bits per heavy atom. The summed E-state index contributed by atoms with van der Waals surface area (Å²) in [6.45, 7) is 0. The van der Waals surface area contributed by atoms with E-state index in [1.165, 1.54) is 48.5 Å². The Hall–Kier alpha value is -12.5. The fraction of sp³-hybridized carbons (Fsp3) is 0. The molecule has 0 bridgehead atoms. The van der Waals surface area contributed by atoms with Gasteiger partial charge in [0.1, 0.15) is 0 Å². The number of fused-ring (bicyclic) bond motifs is 9. The molecule has 0 N–H and O–H groups in total. The first-order chi connectivity index (χ1) is 44.7. The molecular formula is C79H61N11. The number of hydrogen-bond acceptors (Lipinski definition) is 11. The van der Waals surface area contributed by atoms with Crippen molar-refractivity contribution in [1.29, 1.82) is 0 Å². The van der Waals surface area contributed by atoms with E-state index in [0.29, 0.717) is 0 Å². The van der Waals surface area contributed by atoms with Gasteiger partial charge in [-0.05, 0) is 142 Å². The average molecular weight is 1160 g/mol. The van der Waals surface area contributed by atoms with E-state index in [2.05, 4.69) is 164 Å². The van der Waals surface area contributed by atoms with Crippen LogP contribution in [0, 0.1) is 0 Å². The lowest BCUT2D eigenvalue weighted by Gasteiger charge is -1.92. The summed E-state index contributed by atoms with van der Waals surface area (Å²) < 4.78 is 0. The predicted octanol–water partition coefficient (Wildman–Crippen LogP) is 18.9. The Morgan fingerprint density at radius 2 is 0.356 bits per heavy atom. The standard InChI is InChI=1S/C10H8.5C9H7N.3C8H6N2/c1-2-6-10-8-4-3-7-9(10)5-1;3*1-2-6-9-8(4-1)5-3-7-10-9;2*1-2-4-9-7-10-6-5-8(9)3-1;1-3-7-8(9-5-1)4-2-6-10-7;1-3-7-4-2-6-10-8(7)9-5-1;1-2-7-3-5-9-6-8(7)10-4-1/h1-8H;5*1-7H;3*1-6H. The summed E-state index contributed by atoms with van der Waals surface area (Å²) in [7, 11) is 0. The molecule has 0 unspecified atom stereocenters. The number of nitrogens with zero attached hydrogens (tertiary/aromatic N) is 11. The van der Waals surface area contributed by atoms with Crippen molar-refractivity contribution in [3.63, 3.8) is 0 Å². The van der Waals surface area contributed by atoms with Crippen LogP contribution in [0.1, 0.15) is 0 Å². The van der Waals surface area contributed by atoms with E-state index in [1.54, 1.807) is 43.4 Å². The summed E-state index contributed by atoms with van der Waals surface area (Å²) in [4.78, 5) is 45.0. The van der Waals surface area contributed by atoms with E-state index in [9.17, 15) is 0 Å². The third-order valence-electron chi connectivity index (χ3n) is 13.4. The van der Waals surface area contributed by atoms with Gasteiger partial charge in [-0.1, -0.05) is 176 Å². The van der Waals surface area contributed by atoms with Gasteiger partial charge in [-0.15, -0.1) is 0 Å². The molecular weight excluding hydrogens is 1100 g/mol. The van der Waals surface area contributed by atoms with Crippen molar-refractivity contribution < 1.29 is 0 Å². The third kappa shape index (κ3) is 18.8. The molecule has 0 atom stereocenters. The van der Waals surface area contributed by atoms with E-state index in [0.717, 1.165) is 49.5 Å². The van der Waals surface area contributed by atoms with E-state index in [1.807, 2.05) is 219 Å². The summed E-state index contributed by atoms with van der Waals surface area (Å²) in [5, 5.41) is 13.3. The highest BCUT2D eigenvalue weighted by molar-refractivity contribution is 5.84. The molecule has 0 spiro atoms. The second kappa shape index (κ2) is 33.9. The third-order valence-corrected chi connectivity index (χ3v) is 13.4. The zero-order chi connectivity index (χ0) is 61.3. The molecule has 7 aromatic carbocycles. The van der Waals surface area contributed by atoms with Crippen LogP contribution in [0.4, 0.5) is 0 Å². The SMILES string of the molecule is c1ccc2ccccc2c1.c1ccc2cnccc2c1.c1ccc2cnccc2c1.c1ccc2ncccc2c1.c1ccc2ncccc2c1.c1ccc2ncccc2c1.c1cnc2cccnc2c1.c1cnc2cnccc2c1.c1cnc2ncccc2c1. The molecule has 0 fully saturated rings. The van der Waals surface area contributed by atoms with Gasteiger partial charge >= 0.3 is 0 Å². The maximum absolute atomic E-state index is 4.18. The number of benzene rings is 7. The maximum Gasteiger partial charge on any atom is 0.159 e. The molecule has 432 valence electrons. The largest absolute Gasteiger partial charge is 0.264 e. The van der Waals surface area contributed by atoms with Gasteiger partial charge in [-0.2, -0.15) is 0 Å². The molecule has 18 rings (SSSR count). The van der Waals surface area contributed by atoms with Gasteiger partial charge in [0.25, 0.3) is 0 Å². The van der Waals surface area contributed by atoms with Crippen molar-refractivity contribution in [3.05, 3.63) is 372 Å².